The predicted molar refractivity (Wildman–Crippen MR) is 81.2 cm³/mol. The van der Waals surface area contributed by atoms with Gasteiger partial charge in [-0.05, 0) is 29.7 Å². The van der Waals surface area contributed by atoms with Gasteiger partial charge in [0.1, 0.15) is 11.3 Å². The summed E-state index contributed by atoms with van der Waals surface area (Å²) in [4.78, 5) is 15.1. The molecule has 2 heterocycles. The molecule has 0 unspecified atom stereocenters. The molecule has 7 heteroatoms. The number of methoxy groups -OCH3 is 1. The molecule has 0 saturated heterocycles. The monoisotopic (exact) mass is 306 g/mol. The minimum atomic E-state index is -1.13. The Morgan fingerprint density at radius 1 is 1.52 bits per heavy atom. The zero-order valence-electron chi connectivity index (χ0n) is 11.4. The fourth-order valence-electron chi connectivity index (χ4n) is 2.32. The maximum atomic E-state index is 10.8. The second-order valence-corrected chi connectivity index (χ2v) is 5.50. The van der Waals surface area contributed by atoms with Gasteiger partial charge < -0.3 is 14.6 Å². The molecule has 1 aliphatic heterocycles. The summed E-state index contributed by atoms with van der Waals surface area (Å²) in [5.41, 5.74) is 2.93. The molecular weight excluding hydrogens is 292 g/mol. The molecule has 0 radical (unpaired) electrons. The highest BCUT2D eigenvalue weighted by atomic mass is 32.1. The van der Waals surface area contributed by atoms with Crippen LogP contribution in [-0.4, -0.2) is 36.5 Å². The molecule has 2 N–H and O–H groups in total. The quantitative estimate of drug-likeness (QED) is 0.910. The summed E-state index contributed by atoms with van der Waals surface area (Å²) in [5.74, 6) is 0.635. The number of anilines is 1. The number of nitrogens with zero attached hydrogens (tertiary/aromatic N) is 1. The number of fused-ring (bicyclic) bond motifs is 1. The molecule has 0 saturated carbocycles. The Balaban J connectivity index is 2.14. The van der Waals surface area contributed by atoms with Gasteiger partial charge in [-0.2, -0.15) is 0 Å². The third kappa shape index (κ3) is 2.70. The number of hydrogen-bond donors (Lipinski definition) is 2. The standard InChI is InChI=1S/C14H14N2O4S/c1-19-10-3-2-9(8-4-6-20-7-5-8)12-11(10)15-13(21-12)16-14(17)18/h2-4H,5-7H2,1H3,(H,15,16)(H,17,18). The van der Waals surface area contributed by atoms with Crippen molar-refractivity contribution in [2.75, 3.05) is 25.6 Å². The Labute approximate surface area is 125 Å². The van der Waals surface area contributed by atoms with E-state index in [1.54, 1.807) is 7.11 Å². The fourth-order valence-corrected chi connectivity index (χ4v) is 3.34. The van der Waals surface area contributed by atoms with Gasteiger partial charge in [-0.3, -0.25) is 5.32 Å². The molecule has 1 aromatic heterocycles. The molecule has 21 heavy (non-hydrogen) atoms. The van der Waals surface area contributed by atoms with Crippen molar-refractivity contribution in [1.29, 1.82) is 0 Å². The van der Waals surface area contributed by atoms with Crippen molar-refractivity contribution in [2.24, 2.45) is 0 Å². The van der Waals surface area contributed by atoms with E-state index in [-0.39, 0.29) is 0 Å². The first-order chi connectivity index (χ1) is 10.2. The van der Waals surface area contributed by atoms with Crippen LogP contribution in [0.3, 0.4) is 0 Å². The lowest BCUT2D eigenvalue weighted by Crippen LogP contribution is -2.06. The number of carbonyl (C=O) groups is 1. The summed E-state index contributed by atoms with van der Waals surface area (Å²) in [6.07, 6.45) is 1.76. The molecule has 6 nitrogen and oxygen atoms in total. The number of amides is 1. The second kappa shape index (κ2) is 5.71. The topological polar surface area (TPSA) is 80.7 Å². The summed E-state index contributed by atoms with van der Waals surface area (Å²) in [6.45, 7) is 1.29. The summed E-state index contributed by atoms with van der Waals surface area (Å²) >= 11 is 1.31. The van der Waals surface area contributed by atoms with Gasteiger partial charge in [-0.25, -0.2) is 9.78 Å². The average molecular weight is 306 g/mol. The van der Waals surface area contributed by atoms with Crippen LogP contribution in [0, 0.1) is 0 Å². The van der Waals surface area contributed by atoms with Crippen molar-refractivity contribution >= 4 is 38.4 Å². The van der Waals surface area contributed by atoms with Gasteiger partial charge in [0.2, 0.25) is 0 Å². The van der Waals surface area contributed by atoms with Gasteiger partial charge >= 0.3 is 6.09 Å². The molecule has 110 valence electrons. The number of rotatable bonds is 3. The number of thiazole rings is 1. The second-order valence-electron chi connectivity index (χ2n) is 4.50. The van der Waals surface area contributed by atoms with E-state index in [4.69, 9.17) is 14.6 Å². The van der Waals surface area contributed by atoms with Crippen molar-refractivity contribution < 1.29 is 19.4 Å². The number of ether oxygens (including phenoxy) is 2. The molecule has 1 aromatic carbocycles. The van der Waals surface area contributed by atoms with Crippen LogP contribution in [0.5, 0.6) is 5.75 Å². The van der Waals surface area contributed by atoms with Crippen LogP contribution in [0.25, 0.3) is 15.8 Å². The van der Waals surface area contributed by atoms with Crippen LogP contribution >= 0.6 is 11.3 Å². The largest absolute Gasteiger partial charge is 0.494 e. The highest BCUT2D eigenvalue weighted by molar-refractivity contribution is 7.22. The van der Waals surface area contributed by atoms with E-state index < -0.39 is 6.09 Å². The smallest absolute Gasteiger partial charge is 0.410 e. The van der Waals surface area contributed by atoms with Crippen LogP contribution in [-0.2, 0) is 4.74 Å². The molecule has 0 atom stereocenters. The van der Waals surface area contributed by atoms with E-state index in [9.17, 15) is 4.79 Å². The van der Waals surface area contributed by atoms with Crippen LogP contribution in [0.2, 0.25) is 0 Å². The molecule has 3 rings (SSSR count). The lowest BCUT2D eigenvalue weighted by atomic mass is 10.0. The number of benzene rings is 1. The van der Waals surface area contributed by atoms with Gasteiger partial charge in [0.25, 0.3) is 0 Å². The van der Waals surface area contributed by atoms with Crippen LogP contribution in [0.4, 0.5) is 9.93 Å². The maximum absolute atomic E-state index is 10.8. The van der Waals surface area contributed by atoms with Crippen molar-refractivity contribution in [3.05, 3.63) is 23.8 Å². The minimum absolute atomic E-state index is 0.343. The summed E-state index contributed by atoms with van der Waals surface area (Å²) in [7, 11) is 1.58. The van der Waals surface area contributed by atoms with Crippen molar-refractivity contribution in [3.8, 4) is 5.75 Å². The van der Waals surface area contributed by atoms with E-state index in [1.165, 1.54) is 16.9 Å². The van der Waals surface area contributed by atoms with E-state index in [0.717, 1.165) is 16.7 Å². The maximum Gasteiger partial charge on any atom is 0.410 e. The van der Waals surface area contributed by atoms with Gasteiger partial charge in [0.05, 0.1) is 25.0 Å². The summed E-state index contributed by atoms with van der Waals surface area (Å²) in [5, 5.41) is 11.5. The Bertz CT molecular complexity index is 723. The van der Waals surface area contributed by atoms with E-state index in [0.29, 0.717) is 29.6 Å². The lowest BCUT2D eigenvalue weighted by molar-refractivity contribution is 0.161. The normalized spacial score (nSPS) is 14.8. The molecule has 2 aromatic rings. The van der Waals surface area contributed by atoms with Crippen LogP contribution in [0.1, 0.15) is 12.0 Å². The Hall–Kier alpha value is -2.12. The van der Waals surface area contributed by atoms with E-state index in [2.05, 4.69) is 16.4 Å². The van der Waals surface area contributed by atoms with Gasteiger partial charge in [-0.15, -0.1) is 0 Å². The molecule has 0 spiro atoms. The van der Waals surface area contributed by atoms with E-state index >= 15 is 0 Å². The Morgan fingerprint density at radius 3 is 3.05 bits per heavy atom. The Morgan fingerprint density at radius 2 is 2.38 bits per heavy atom. The molecule has 1 amide bonds. The number of carboxylic acid groups (broad SMARTS) is 1. The first-order valence-corrected chi connectivity index (χ1v) is 7.25. The third-order valence-corrected chi connectivity index (χ3v) is 4.25. The molecule has 0 aliphatic carbocycles. The number of aromatic nitrogens is 1. The number of hydrogen-bond acceptors (Lipinski definition) is 5. The SMILES string of the molecule is COc1ccc(C2=CCOCC2)c2sc(NC(=O)O)nc12. The zero-order valence-corrected chi connectivity index (χ0v) is 12.2. The van der Waals surface area contributed by atoms with Gasteiger partial charge in [0.15, 0.2) is 5.13 Å². The van der Waals surface area contributed by atoms with Crippen molar-refractivity contribution in [2.45, 2.75) is 6.42 Å². The zero-order chi connectivity index (χ0) is 14.8. The molecule has 0 bridgehead atoms. The van der Waals surface area contributed by atoms with Crippen molar-refractivity contribution in [3.63, 3.8) is 0 Å². The molecule has 1 aliphatic rings. The van der Waals surface area contributed by atoms with Gasteiger partial charge in [-0.1, -0.05) is 17.4 Å². The average Bonchev–Trinajstić information content (AvgIpc) is 2.89. The summed E-state index contributed by atoms with van der Waals surface area (Å²) < 4.78 is 11.6. The van der Waals surface area contributed by atoms with Gasteiger partial charge in [0, 0.05) is 0 Å². The number of nitrogens with one attached hydrogen (secondary N) is 1. The lowest BCUT2D eigenvalue weighted by Gasteiger charge is -2.14. The fraction of sp³-hybridized carbons (Fsp3) is 0.286. The van der Waals surface area contributed by atoms with E-state index in [1.807, 2.05) is 12.1 Å². The molecule has 0 fully saturated rings. The minimum Gasteiger partial charge on any atom is -0.494 e. The van der Waals surface area contributed by atoms with Crippen LogP contribution in [0.15, 0.2) is 18.2 Å². The first kappa shape index (κ1) is 13.8. The Kier molecular flexibility index (Phi) is 3.76. The highest BCUT2D eigenvalue weighted by Crippen LogP contribution is 2.39. The summed E-state index contributed by atoms with van der Waals surface area (Å²) in [6, 6.07) is 3.85. The first-order valence-electron chi connectivity index (χ1n) is 6.43. The highest BCUT2D eigenvalue weighted by Gasteiger charge is 2.17. The third-order valence-electron chi connectivity index (χ3n) is 3.25. The predicted octanol–water partition coefficient (Wildman–Crippen LogP) is 3.20. The molecular formula is C14H14N2O4S. The van der Waals surface area contributed by atoms with Crippen LogP contribution < -0.4 is 10.1 Å². The van der Waals surface area contributed by atoms with Crippen molar-refractivity contribution in [1.82, 2.24) is 4.98 Å².